The third-order valence-corrected chi connectivity index (χ3v) is 2.15. The molecule has 1 aromatic heterocycles. The Balaban J connectivity index is 2.50. The second kappa shape index (κ2) is 2.20. The van der Waals surface area contributed by atoms with Gasteiger partial charge in [0.05, 0.1) is 11.7 Å². The Bertz CT molecular complexity index is 266. The van der Waals surface area contributed by atoms with Gasteiger partial charge in [-0.05, 0) is 0 Å². The molecule has 1 aliphatic heterocycles. The summed E-state index contributed by atoms with van der Waals surface area (Å²) in [5.74, 6) is 1.86. The Kier molecular flexibility index (Phi) is 1.32. The monoisotopic (exact) mass is 168 g/mol. The summed E-state index contributed by atoms with van der Waals surface area (Å²) in [6.07, 6.45) is 3.92. The molecule has 0 saturated heterocycles. The summed E-state index contributed by atoms with van der Waals surface area (Å²) in [6.45, 7) is 0. The van der Waals surface area contributed by atoms with Crippen LogP contribution in [0.2, 0.25) is 0 Å². The number of rotatable bonds is 0. The van der Waals surface area contributed by atoms with Crippen LogP contribution >= 0.6 is 11.7 Å². The van der Waals surface area contributed by atoms with E-state index < -0.39 is 0 Å². The molecule has 1 aliphatic rings. The summed E-state index contributed by atoms with van der Waals surface area (Å²) >= 11 is 1.24. The second-order valence-corrected chi connectivity index (χ2v) is 2.96. The van der Waals surface area contributed by atoms with Gasteiger partial charge < -0.3 is 9.80 Å². The highest BCUT2D eigenvalue weighted by Gasteiger charge is 2.17. The van der Waals surface area contributed by atoms with E-state index in [9.17, 15) is 0 Å². The first-order valence-electron chi connectivity index (χ1n) is 3.25. The maximum absolute atomic E-state index is 4.15. The summed E-state index contributed by atoms with van der Waals surface area (Å²) < 4.78 is 8.30. The van der Waals surface area contributed by atoms with Crippen LogP contribution in [0.15, 0.2) is 12.4 Å². The first-order valence-corrected chi connectivity index (χ1v) is 3.98. The van der Waals surface area contributed by atoms with Gasteiger partial charge in [-0.1, -0.05) is 0 Å². The van der Waals surface area contributed by atoms with Crippen LogP contribution in [0.3, 0.4) is 0 Å². The third kappa shape index (κ3) is 0.883. The molecule has 58 valence electrons. The molecule has 5 heteroatoms. The molecule has 4 nitrogen and oxygen atoms in total. The average Bonchev–Trinajstić information content (AvgIpc) is 2.45. The largest absolute Gasteiger partial charge is 0.331 e. The minimum Gasteiger partial charge on any atom is -0.331 e. The number of hydrogen-bond acceptors (Lipinski definition) is 5. The summed E-state index contributed by atoms with van der Waals surface area (Å²) in [5, 5.41) is 0. The van der Waals surface area contributed by atoms with Crippen molar-refractivity contribution >= 4 is 23.4 Å². The lowest BCUT2D eigenvalue weighted by Gasteiger charge is -2.22. The number of aromatic nitrogens is 2. The SMILES string of the molecule is CN1C=CN(C)c2nsnc21. The minimum absolute atomic E-state index is 0.931. The molecule has 0 saturated carbocycles. The quantitative estimate of drug-likeness (QED) is 0.576. The van der Waals surface area contributed by atoms with E-state index in [0.717, 1.165) is 11.6 Å². The molecule has 0 radical (unpaired) electrons. The van der Waals surface area contributed by atoms with Gasteiger partial charge in [-0.15, -0.1) is 0 Å². The first kappa shape index (κ1) is 6.60. The third-order valence-electron chi connectivity index (χ3n) is 1.64. The lowest BCUT2D eigenvalue weighted by atomic mass is 10.4. The van der Waals surface area contributed by atoms with Crippen molar-refractivity contribution in [1.82, 2.24) is 8.75 Å². The molecular weight excluding hydrogens is 160 g/mol. The van der Waals surface area contributed by atoms with Crippen molar-refractivity contribution in [1.29, 1.82) is 0 Å². The van der Waals surface area contributed by atoms with Crippen molar-refractivity contribution < 1.29 is 0 Å². The molecule has 11 heavy (non-hydrogen) atoms. The number of fused-ring (bicyclic) bond motifs is 1. The summed E-state index contributed by atoms with van der Waals surface area (Å²) in [4.78, 5) is 3.91. The summed E-state index contributed by atoms with van der Waals surface area (Å²) in [7, 11) is 3.92. The Hall–Kier alpha value is -1.10. The van der Waals surface area contributed by atoms with E-state index in [1.807, 2.05) is 36.3 Å². The van der Waals surface area contributed by atoms with Crippen molar-refractivity contribution in [2.75, 3.05) is 23.9 Å². The normalized spacial score (nSPS) is 15.5. The number of hydrogen-bond donors (Lipinski definition) is 0. The minimum atomic E-state index is 0.931. The van der Waals surface area contributed by atoms with E-state index in [0.29, 0.717) is 0 Å². The lowest BCUT2D eigenvalue weighted by Crippen LogP contribution is -2.21. The molecule has 0 aliphatic carbocycles. The highest BCUT2D eigenvalue weighted by Crippen LogP contribution is 2.28. The zero-order chi connectivity index (χ0) is 7.84. The van der Waals surface area contributed by atoms with Crippen molar-refractivity contribution in [3.05, 3.63) is 12.4 Å². The Morgan fingerprint density at radius 2 is 1.55 bits per heavy atom. The molecule has 0 atom stereocenters. The van der Waals surface area contributed by atoms with Crippen molar-refractivity contribution in [2.24, 2.45) is 0 Å². The van der Waals surface area contributed by atoms with Crippen LogP contribution in [0.4, 0.5) is 11.6 Å². The predicted molar refractivity (Wildman–Crippen MR) is 45.9 cm³/mol. The van der Waals surface area contributed by atoms with Crippen LogP contribution in [0, 0.1) is 0 Å². The molecule has 0 spiro atoms. The Morgan fingerprint density at radius 1 is 1.09 bits per heavy atom. The molecule has 0 bridgehead atoms. The van der Waals surface area contributed by atoms with Crippen LogP contribution in [0.5, 0.6) is 0 Å². The van der Waals surface area contributed by atoms with Gasteiger partial charge >= 0.3 is 0 Å². The molecule has 0 amide bonds. The van der Waals surface area contributed by atoms with Gasteiger partial charge in [0.1, 0.15) is 0 Å². The maximum Gasteiger partial charge on any atom is 0.191 e. The summed E-state index contributed by atoms with van der Waals surface area (Å²) in [6, 6.07) is 0. The number of nitrogens with zero attached hydrogens (tertiary/aromatic N) is 4. The number of anilines is 2. The van der Waals surface area contributed by atoms with Crippen molar-refractivity contribution in [3.63, 3.8) is 0 Å². The van der Waals surface area contributed by atoms with Gasteiger partial charge in [-0.3, -0.25) is 0 Å². The van der Waals surface area contributed by atoms with Crippen molar-refractivity contribution in [2.45, 2.75) is 0 Å². The Labute approximate surface area is 69.1 Å². The van der Waals surface area contributed by atoms with Crippen LogP contribution in [0.25, 0.3) is 0 Å². The molecular formula is C6H8N4S. The molecule has 0 N–H and O–H groups in total. The fourth-order valence-electron chi connectivity index (χ4n) is 0.965. The average molecular weight is 168 g/mol. The molecule has 1 aromatic rings. The first-order chi connectivity index (χ1) is 5.29. The molecule has 0 unspecified atom stereocenters. The van der Waals surface area contributed by atoms with Gasteiger partial charge in [0.25, 0.3) is 0 Å². The van der Waals surface area contributed by atoms with Gasteiger partial charge in [0.15, 0.2) is 11.6 Å². The fraction of sp³-hybridized carbons (Fsp3) is 0.333. The molecule has 2 heterocycles. The van der Waals surface area contributed by atoms with Gasteiger partial charge in [0.2, 0.25) is 0 Å². The fourth-order valence-corrected chi connectivity index (χ4v) is 1.58. The van der Waals surface area contributed by atoms with E-state index in [1.165, 1.54) is 11.7 Å². The standard InChI is InChI=1S/C6H8N4S/c1-9-3-4-10(2)6-5(9)7-11-8-6/h3-4H,1-2H3. The lowest BCUT2D eigenvalue weighted by molar-refractivity contribution is 1.05. The van der Waals surface area contributed by atoms with Crippen molar-refractivity contribution in [3.8, 4) is 0 Å². The Morgan fingerprint density at radius 3 is 2.00 bits per heavy atom. The zero-order valence-electron chi connectivity index (χ0n) is 6.35. The second-order valence-electron chi connectivity index (χ2n) is 2.43. The van der Waals surface area contributed by atoms with Gasteiger partial charge in [-0.2, -0.15) is 8.75 Å². The highest BCUT2D eigenvalue weighted by molar-refractivity contribution is 6.99. The maximum atomic E-state index is 4.15. The van der Waals surface area contributed by atoms with E-state index in [-0.39, 0.29) is 0 Å². The van der Waals surface area contributed by atoms with Crippen LogP contribution in [-0.4, -0.2) is 22.8 Å². The van der Waals surface area contributed by atoms with Crippen LogP contribution < -0.4 is 9.80 Å². The van der Waals surface area contributed by atoms with Gasteiger partial charge in [-0.25, -0.2) is 0 Å². The van der Waals surface area contributed by atoms with E-state index in [4.69, 9.17) is 0 Å². The highest BCUT2D eigenvalue weighted by atomic mass is 32.1. The van der Waals surface area contributed by atoms with Crippen LogP contribution in [0.1, 0.15) is 0 Å². The smallest absolute Gasteiger partial charge is 0.191 e. The van der Waals surface area contributed by atoms with Crippen LogP contribution in [-0.2, 0) is 0 Å². The molecule has 0 fully saturated rings. The molecule has 0 aromatic carbocycles. The van der Waals surface area contributed by atoms with Gasteiger partial charge in [0, 0.05) is 26.5 Å². The zero-order valence-corrected chi connectivity index (χ0v) is 7.17. The summed E-state index contributed by atoms with van der Waals surface area (Å²) in [5.41, 5.74) is 0. The van der Waals surface area contributed by atoms with E-state index >= 15 is 0 Å². The predicted octanol–water partition coefficient (Wildman–Crippen LogP) is 0.895. The topological polar surface area (TPSA) is 32.3 Å². The van der Waals surface area contributed by atoms with E-state index in [2.05, 4.69) is 8.75 Å². The van der Waals surface area contributed by atoms with E-state index in [1.54, 1.807) is 0 Å². The molecule has 2 rings (SSSR count).